The molecule has 0 saturated carbocycles. The summed E-state index contributed by atoms with van der Waals surface area (Å²) in [5.41, 5.74) is 2.46. The highest BCUT2D eigenvalue weighted by Gasteiger charge is 2.34. The lowest BCUT2D eigenvalue weighted by atomic mass is 9.95. The van der Waals surface area contributed by atoms with Gasteiger partial charge in [0.05, 0.1) is 35.6 Å². The number of nitrogens with zero attached hydrogens (tertiary/aromatic N) is 2. The average Bonchev–Trinajstić information content (AvgIpc) is 3.33. The lowest BCUT2D eigenvalue weighted by Crippen LogP contribution is -2.39. The largest absolute Gasteiger partial charge is 0.504 e. The van der Waals surface area contributed by atoms with Gasteiger partial charge in [-0.05, 0) is 60.9 Å². The maximum atomic E-state index is 14.1. The van der Waals surface area contributed by atoms with Crippen molar-refractivity contribution in [1.82, 2.24) is 4.57 Å². The van der Waals surface area contributed by atoms with Gasteiger partial charge in [-0.2, -0.15) is 0 Å². The van der Waals surface area contributed by atoms with Crippen molar-refractivity contribution in [2.75, 3.05) is 20.3 Å². The number of phenolic OH excluding ortho intramolecular Hbond substituents is 1. The van der Waals surface area contributed by atoms with Gasteiger partial charge >= 0.3 is 5.97 Å². The molecule has 44 heavy (non-hydrogen) atoms. The van der Waals surface area contributed by atoms with Crippen LogP contribution < -0.4 is 29.1 Å². The monoisotopic (exact) mass is 612 g/mol. The van der Waals surface area contributed by atoms with Gasteiger partial charge < -0.3 is 24.1 Å². The molecule has 0 amide bonds. The zero-order valence-electron chi connectivity index (χ0n) is 24.6. The highest BCUT2D eigenvalue weighted by Crippen LogP contribution is 2.36. The van der Waals surface area contributed by atoms with E-state index < -0.39 is 12.0 Å². The van der Waals surface area contributed by atoms with E-state index in [9.17, 15) is 14.7 Å². The Bertz CT molecular complexity index is 1910. The first-order valence-corrected chi connectivity index (χ1v) is 14.8. The average molecular weight is 613 g/mol. The third-order valence-corrected chi connectivity index (χ3v) is 7.88. The lowest BCUT2D eigenvalue weighted by molar-refractivity contribution is -0.140. The Morgan fingerprint density at radius 3 is 2.59 bits per heavy atom. The van der Waals surface area contributed by atoms with Crippen molar-refractivity contribution >= 4 is 23.4 Å². The van der Waals surface area contributed by atoms with Crippen LogP contribution in [0.2, 0.25) is 0 Å². The Labute approximate surface area is 258 Å². The Kier molecular flexibility index (Phi) is 9.30. The fourth-order valence-electron chi connectivity index (χ4n) is 4.86. The summed E-state index contributed by atoms with van der Waals surface area (Å²) < 4.78 is 24.5. The second-order valence-electron chi connectivity index (χ2n) is 9.81. The maximum absolute atomic E-state index is 14.1. The molecule has 1 aromatic heterocycles. The molecule has 0 aliphatic carbocycles. The van der Waals surface area contributed by atoms with Gasteiger partial charge in [-0.1, -0.05) is 66.5 Å². The fraction of sp³-hybridized carbons (Fsp3) is 0.206. The molecule has 3 aromatic carbocycles. The van der Waals surface area contributed by atoms with Crippen molar-refractivity contribution in [3.8, 4) is 23.0 Å². The number of benzene rings is 3. The van der Waals surface area contributed by atoms with Crippen LogP contribution in [0.25, 0.3) is 6.08 Å². The molecule has 1 aliphatic heterocycles. The Morgan fingerprint density at radius 1 is 1.07 bits per heavy atom. The van der Waals surface area contributed by atoms with E-state index in [4.69, 9.17) is 18.9 Å². The lowest BCUT2D eigenvalue weighted by Gasteiger charge is -2.25. The van der Waals surface area contributed by atoms with Crippen LogP contribution in [0.15, 0.2) is 100 Å². The molecule has 0 spiro atoms. The number of hydrogen-bond acceptors (Lipinski definition) is 9. The number of aromatic nitrogens is 1. The zero-order valence-corrected chi connectivity index (χ0v) is 25.4. The number of carbonyl (C=O) groups is 1. The minimum atomic E-state index is -0.849. The van der Waals surface area contributed by atoms with Gasteiger partial charge in [0.15, 0.2) is 27.8 Å². The number of methoxy groups -OCH3 is 1. The second kappa shape index (κ2) is 13.5. The first-order chi connectivity index (χ1) is 21.3. The van der Waals surface area contributed by atoms with Crippen molar-refractivity contribution in [3.63, 3.8) is 0 Å². The number of allylic oxidation sites excluding steroid dienone is 1. The van der Waals surface area contributed by atoms with Crippen LogP contribution in [-0.2, 0) is 16.1 Å². The molecule has 1 unspecified atom stereocenters. The molecule has 0 bridgehead atoms. The predicted octanol–water partition coefficient (Wildman–Crippen LogP) is 4.66. The van der Waals surface area contributed by atoms with Crippen LogP contribution in [0.4, 0.5) is 0 Å². The van der Waals surface area contributed by atoms with E-state index in [-0.39, 0.29) is 30.1 Å². The third kappa shape index (κ3) is 6.30. The molecule has 226 valence electrons. The molecule has 4 aromatic rings. The Morgan fingerprint density at radius 2 is 1.86 bits per heavy atom. The summed E-state index contributed by atoms with van der Waals surface area (Å²) >= 11 is 1.20. The highest BCUT2D eigenvalue weighted by molar-refractivity contribution is 7.07. The van der Waals surface area contributed by atoms with Crippen molar-refractivity contribution in [2.24, 2.45) is 4.99 Å². The molecule has 5 rings (SSSR count). The first kappa shape index (κ1) is 30.4. The van der Waals surface area contributed by atoms with Crippen molar-refractivity contribution in [1.29, 1.82) is 0 Å². The molecule has 10 heteroatoms. The van der Waals surface area contributed by atoms with Crippen LogP contribution >= 0.6 is 11.3 Å². The van der Waals surface area contributed by atoms with Crippen molar-refractivity contribution < 1.29 is 28.8 Å². The molecular formula is C34H32N2O7S. The maximum Gasteiger partial charge on any atom is 0.338 e. The first-order valence-electron chi connectivity index (χ1n) is 14.0. The molecule has 9 nitrogen and oxygen atoms in total. The predicted molar refractivity (Wildman–Crippen MR) is 168 cm³/mol. The van der Waals surface area contributed by atoms with Gasteiger partial charge in [0.25, 0.3) is 5.56 Å². The normalized spacial score (nSPS) is 14.4. The number of hydrogen-bond donors (Lipinski definition) is 1. The second-order valence-corrected chi connectivity index (χ2v) is 10.8. The molecule has 0 radical (unpaired) electrons. The summed E-state index contributed by atoms with van der Waals surface area (Å²) in [6.07, 6.45) is 3.34. The summed E-state index contributed by atoms with van der Waals surface area (Å²) in [7, 11) is 1.52. The number of rotatable bonds is 11. The summed E-state index contributed by atoms with van der Waals surface area (Å²) in [5, 5.41) is 10.1. The van der Waals surface area contributed by atoms with Gasteiger partial charge in [-0.15, -0.1) is 0 Å². The van der Waals surface area contributed by atoms with E-state index >= 15 is 0 Å². The zero-order chi connectivity index (χ0) is 31.2. The van der Waals surface area contributed by atoms with E-state index in [1.54, 1.807) is 49.4 Å². The van der Waals surface area contributed by atoms with Crippen molar-refractivity contribution in [3.05, 3.63) is 127 Å². The number of carbonyl (C=O) groups excluding carboxylic acids is 1. The van der Waals surface area contributed by atoms with Crippen LogP contribution in [0.1, 0.15) is 36.6 Å². The van der Waals surface area contributed by atoms with Crippen LogP contribution in [0, 0.1) is 0 Å². The summed E-state index contributed by atoms with van der Waals surface area (Å²) in [4.78, 5) is 32.9. The van der Waals surface area contributed by atoms with Crippen LogP contribution in [0.3, 0.4) is 0 Å². The topological polar surface area (TPSA) is 109 Å². The SMILES string of the molecule is C=CCOc1ccc(C2C(C(=O)OCc3ccccc3)=C(C)N=c3sc(=Cc4ccc(O)c(OCC)c4)c(=O)n32)cc1OC. The number of ether oxygens (including phenoxy) is 4. The van der Waals surface area contributed by atoms with E-state index in [0.29, 0.717) is 50.0 Å². The van der Waals surface area contributed by atoms with Gasteiger partial charge in [0, 0.05) is 0 Å². The minimum absolute atomic E-state index is 0.00852. The Balaban J connectivity index is 1.63. The minimum Gasteiger partial charge on any atom is -0.504 e. The summed E-state index contributed by atoms with van der Waals surface area (Å²) in [5.74, 6) is 0.673. The van der Waals surface area contributed by atoms with Gasteiger partial charge in [0.1, 0.15) is 13.2 Å². The quantitative estimate of drug-likeness (QED) is 0.194. The number of esters is 1. The molecule has 0 saturated heterocycles. The third-order valence-electron chi connectivity index (χ3n) is 6.90. The summed E-state index contributed by atoms with van der Waals surface area (Å²) in [6.45, 7) is 7.97. The fourth-order valence-corrected chi connectivity index (χ4v) is 5.91. The Hall–Kier alpha value is -5.09. The number of thiazole rings is 1. The van der Waals surface area contributed by atoms with Gasteiger partial charge in [-0.3, -0.25) is 9.36 Å². The van der Waals surface area contributed by atoms with E-state index in [1.165, 1.54) is 29.1 Å². The summed E-state index contributed by atoms with van der Waals surface area (Å²) in [6, 6.07) is 18.7. The van der Waals surface area contributed by atoms with E-state index in [2.05, 4.69) is 11.6 Å². The molecule has 0 fully saturated rings. The number of fused-ring (bicyclic) bond motifs is 1. The number of phenols is 1. The van der Waals surface area contributed by atoms with Gasteiger partial charge in [-0.25, -0.2) is 9.79 Å². The molecule has 2 heterocycles. The van der Waals surface area contributed by atoms with E-state index in [1.807, 2.05) is 37.3 Å². The number of aromatic hydroxyl groups is 1. The molecule has 1 aliphatic rings. The molecular weight excluding hydrogens is 580 g/mol. The highest BCUT2D eigenvalue weighted by atomic mass is 32.1. The van der Waals surface area contributed by atoms with Crippen LogP contribution in [-0.4, -0.2) is 36.0 Å². The van der Waals surface area contributed by atoms with Crippen molar-refractivity contribution in [2.45, 2.75) is 26.5 Å². The van der Waals surface area contributed by atoms with Crippen LogP contribution in [0.5, 0.6) is 23.0 Å². The van der Waals surface area contributed by atoms with Gasteiger partial charge in [0.2, 0.25) is 0 Å². The smallest absolute Gasteiger partial charge is 0.338 e. The molecule has 1 atom stereocenters. The standard InChI is InChI=1S/C34H32N2O7S/c1-5-16-42-26-15-13-24(19-28(26)40-4)31-30(33(39)43-20-22-10-8-7-9-11-22)21(3)35-34-36(31)32(38)29(44-34)18-23-12-14-25(37)27(17-23)41-6-2/h5,7-15,17-19,31,37H,1,6,16,20H2,2-4H3. The molecule has 1 N–H and O–H groups in total. The van der Waals surface area contributed by atoms with E-state index in [0.717, 1.165) is 5.56 Å².